The molecule has 0 aliphatic carbocycles. The second-order valence-corrected chi connectivity index (χ2v) is 3.49. The Morgan fingerprint density at radius 3 is 2.93 bits per heavy atom. The lowest BCUT2D eigenvalue weighted by molar-refractivity contribution is 0.268. The smallest absolute Gasteiger partial charge is 0.134 e. The van der Waals surface area contributed by atoms with Gasteiger partial charge in [-0.2, -0.15) is 0 Å². The fourth-order valence-corrected chi connectivity index (χ4v) is 1.81. The molecule has 0 saturated carbocycles. The average molecular weight is 212 g/mol. The van der Waals surface area contributed by atoms with Gasteiger partial charge in [-0.3, -0.25) is 0 Å². The zero-order valence-corrected chi connectivity index (χ0v) is 8.16. The lowest BCUT2D eigenvalue weighted by Gasteiger charge is -2.11. The van der Waals surface area contributed by atoms with Crippen LogP contribution in [-0.2, 0) is 0 Å². The lowest BCUT2D eigenvalue weighted by Crippen LogP contribution is -2.15. The molecule has 0 amide bonds. The van der Waals surface area contributed by atoms with Crippen LogP contribution in [0.25, 0.3) is 11.0 Å². The van der Waals surface area contributed by atoms with Gasteiger partial charge < -0.3 is 15.3 Å². The molecule has 0 aliphatic rings. The van der Waals surface area contributed by atoms with Crippen molar-refractivity contribution in [1.29, 1.82) is 0 Å². The number of halogens is 1. The molecule has 2 aromatic rings. The van der Waals surface area contributed by atoms with Gasteiger partial charge in [-0.25, -0.2) is 0 Å². The molecule has 1 aromatic heterocycles. The summed E-state index contributed by atoms with van der Waals surface area (Å²) in [5.74, 6) is 0. The quantitative estimate of drug-likeness (QED) is 0.800. The Morgan fingerprint density at radius 1 is 1.43 bits per heavy atom. The third-order valence-electron chi connectivity index (χ3n) is 2.19. The Kier molecular flexibility index (Phi) is 2.46. The summed E-state index contributed by atoms with van der Waals surface area (Å²) in [6.45, 7) is -0.135. The normalized spacial score (nSPS) is 13.4. The van der Waals surface area contributed by atoms with Gasteiger partial charge in [-0.1, -0.05) is 11.6 Å². The van der Waals surface area contributed by atoms with E-state index in [2.05, 4.69) is 0 Å². The fourth-order valence-electron chi connectivity index (χ4n) is 1.51. The van der Waals surface area contributed by atoms with Crippen LogP contribution < -0.4 is 5.73 Å². The first kappa shape index (κ1) is 9.52. The van der Waals surface area contributed by atoms with Crippen LogP contribution in [0, 0.1) is 0 Å². The van der Waals surface area contributed by atoms with E-state index in [0.717, 1.165) is 16.5 Å². The van der Waals surface area contributed by atoms with Gasteiger partial charge in [0.2, 0.25) is 0 Å². The Hall–Kier alpha value is -1.03. The molecule has 74 valence electrons. The summed E-state index contributed by atoms with van der Waals surface area (Å²) in [6.07, 6.45) is 1.58. The van der Waals surface area contributed by atoms with Crippen LogP contribution >= 0.6 is 11.6 Å². The maximum atomic E-state index is 9.00. The first-order valence-corrected chi connectivity index (χ1v) is 4.64. The van der Waals surface area contributed by atoms with Crippen molar-refractivity contribution in [2.24, 2.45) is 5.73 Å². The van der Waals surface area contributed by atoms with Crippen LogP contribution in [0.3, 0.4) is 0 Å². The molecular weight excluding hydrogens is 202 g/mol. The van der Waals surface area contributed by atoms with Crippen molar-refractivity contribution in [1.82, 2.24) is 0 Å². The highest BCUT2D eigenvalue weighted by Crippen LogP contribution is 2.30. The average Bonchev–Trinajstić information content (AvgIpc) is 2.64. The second kappa shape index (κ2) is 3.61. The van der Waals surface area contributed by atoms with Crippen LogP contribution in [0.15, 0.2) is 28.9 Å². The number of aliphatic hydroxyl groups is 1. The van der Waals surface area contributed by atoms with Gasteiger partial charge >= 0.3 is 0 Å². The minimum Gasteiger partial charge on any atom is -0.464 e. The minimum absolute atomic E-state index is 0.135. The van der Waals surface area contributed by atoms with Crippen molar-refractivity contribution in [2.45, 2.75) is 6.04 Å². The molecular formula is C10H10ClNO2. The van der Waals surface area contributed by atoms with E-state index < -0.39 is 6.04 Å². The monoisotopic (exact) mass is 211 g/mol. The molecule has 1 aromatic carbocycles. The van der Waals surface area contributed by atoms with Gasteiger partial charge in [0.1, 0.15) is 5.58 Å². The van der Waals surface area contributed by atoms with Crippen LogP contribution in [-0.4, -0.2) is 11.7 Å². The largest absolute Gasteiger partial charge is 0.464 e. The Balaban J connectivity index is 2.70. The predicted molar refractivity (Wildman–Crippen MR) is 55.2 cm³/mol. The number of fused-ring (bicyclic) bond motifs is 1. The maximum absolute atomic E-state index is 9.00. The Morgan fingerprint density at radius 2 is 2.21 bits per heavy atom. The van der Waals surface area contributed by atoms with E-state index in [4.69, 9.17) is 26.9 Å². The zero-order valence-electron chi connectivity index (χ0n) is 7.40. The van der Waals surface area contributed by atoms with Crippen LogP contribution in [0.1, 0.15) is 11.6 Å². The Bertz CT molecular complexity index is 452. The molecule has 0 radical (unpaired) electrons. The SMILES string of the molecule is NC(CO)c1c(Cl)ccc2occc12. The maximum Gasteiger partial charge on any atom is 0.134 e. The van der Waals surface area contributed by atoms with Crippen molar-refractivity contribution in [3.8, 4) is 0 Å². The van der Waals surface area contributed by atoms with Crippen LogP contribution in [0.4, 0.5) is 0 Å². The van der Waals surface area contributed by atoms with Gasteiger partial charge in [0.15, 0.2) is 0 Å². The van der Waals surface area contributed by atoms with Crippen LogP contribution in [0.5, 0.6) is 0 Å². The lowest BCUT2D eigenvalue weighted by atomic mass is 10.0. The number of nitrogens with two attached hydrogens (primary N) is 1. The molecule has 0 saturated heterocycles. The van der Waals surface area contributed by atoms with E-state index >= 15 is 0 Å². The van der Waals surface area contributed by atoms with Crippen molar-refractivity contribution < 1.29 is 9.52 Å². The summed E-state index contributed by atoms with van der Waals surface area (Å²) in [5.41, 5.74) is 7.21. The molecule has 2 rings (SSSR count). The highest BCUT2D eigenvalue weighted by Gasteiger charge is 2.14. The minimum atomic E-state index is -0.469. The predicted octanol–water partition coefficient (Wildman–Crippen LogP) is 2.08. The van der Waals surface area contributed by atoms with Crippen LogP contribution in [0.2, 0.25) is 5.02 Å². The molecule has 0 aliphatic heterocycles. The molecule has 3 nitrogen and oxygen atoms in total. The summed E-state index contributed by atoms with van der Waals surface area (Å²) in [5, 5.41) is 10.4. The fraction of sp³-hybridized carbons (Fsp3) is 0.200. The molecule has 1 atom stereocenters. The standard InChI is InChI=1S/C10H10ClNO2/c11-7-1-2-9-6(3-4-14-9)10(7)8(12)5-13/h1-4,8,13H,5,12H2. The molecule has 0 bridgehead atoms. The van der Waals surface area contributed by atoms with Crippen molar-refractivity contribution in [2.75, 3.05) is 6.61 Å². The van der Waals surface area contributed by atoms with Gasteiger partial charge in [-0.15, -0.1) is 0 Å². The molecule has 14 heavy (non-hydrogen) atoms. The zero-order chi connectivity index (χ0) is 10.1. The van der Waals surface area contributed by atoms with Gasteiger partial charge in [-0.05, 0) is 18.2 Å². The van der Waals surface area contributed by atoms with E-state index in [9.17, 15) is 0 Å². The third kappa shape index (κ3) is 1.39. The summed E-state index contributed by atoms with van der Waals surface area (Å²) in [7, 11) is 0. The van der Waals surface area contributed by atoms with Crippen molar-refractivity contribution >= 4 is 22.6 Å². The van der Waals surface area contributed by atoms with Crippen molar-refractivity contribution in [3.05, 3.63) is 35.0 Å². The second-order valence-electron chi connectivity index (χ2n) is 3.08. The first-order valence-electron chi connectivity index (χ1n) is 4.26. The molecule has 0 fully saturated rings. The number of furan rings is 1. The number of benzene rings is 1. The van der Waals surface area contributed by atoms with Crippen molar-refractivity contribution in [3.63, 3.8) is 0 Å². The highest BCUT2D eigenvalue weighted by atomic mass is 35.5. The number of hydrogen-bond donors (Lipinski definition) is 2. The number of aliphatic hydroxyl groups excluding tert-OH is 1. The first-order chi connectivity index (χ1) is 6.74. The topological polar surface area (TPSA) is 59.4 Å². The Labute approximate surface area is 86.1 Å². The van der Waals surface area contributed by atoms with E-state index in [-0.39, 0.29) is 6.61 Å². The van der Waals surface area contributed by atoms with Gasteiger partial charge in [0.05, 0.1) is 18.9 Å². The molecule has 1 unspecified atom stereocenters. The van der Waals surface area contributed by atoms with E-state index in [1.807, 2.05) is 0 Å². The van der Waals surface area contributed by atoms with Gasteiger partial charge in [0.25, 0.3) is 0 Å². The summed E-state index contributed by atoms with van der Waals surface area (Å²) >= 11 is 6.00. The molecule has 4 heteroatoms. The third-order valence-corrected chi connectivity index (χ3v) is 2.52. The number of rotatable bonds is 2. The molecule has 1 heterocycles. The molecule has 3 N–H and O–H groups in total. The summed E-state index contributed by atoms with van der Waals surface area (Å²) in [4.78, 5) is 0. The summed E-state index contributed by atoms with van der Waals surface area (Å²) in [6, 6.07) is 4.83. The molecule has 0 spiro atoms. The number of hydrogen-bond acceptors (Lipinski definition) is 3. The van der Waals surface area contributed by atoms with E-state index in [1.165, 1.54) is 0 Å². The van der Waals surface area contributed by atoms with Gasteiger partial charge in [0, 0.05) is 16.0 Å². The van der Waals surface area contributed by atoms with E-state index in [1.54, 1.807) is 24.5 Å². The summed E-state index contributed by atoms with van der Waals surface area (Å²) < 4.78 is 5.21. The highest BCUT2D eigenvalue weighted by molar-refractivity contribution is 6.32. The van der Waals surface area contributed by atoms with E-state index in [0.29, 0.717) is 5.02 Å².